The SMILES string of the molecule is CS(=O)(=O)c1ccc(-c2nc(-c3ccc(F)cc3)oc2-c2ccc(F)cc2)cc1. The molecule has 146 valence electrons. The number of oxazole rings is 1. The van der Waals surface area contributed by atoms with Gasteiger partial charge in [-0.05, 0) is 60.7 Å². The van der Waals surface area contributed by atoms with Gasteiger partial charge in [0, 0.05) is 22.9 Å². The molecule has 0 unspecified atom stereocenters. The molecule has 0 spiro atoms. The van der Waals surface area contributed by atoms with Crippen LogP contribution in [0, 0.1) is 11.6 Å². The van der Waals surface area contributed by atoms with Gasteiger partial charge in [0.1, 0.15) is 17.3 Å². The van der Waals surface area contributed by atoms with Crippen molar-refractivity contribution >= 4 is 9.84 Å². The first-order chi connectivity index (χ1) is 13.8. The zero-order valence-electron chi connectivity index (χ0n) is 15.3. The summed E-state index contributed by atoms with van der Waals surface area (Å²) in [7, 11) is -3.33. The Hall–Kier alpha value is -3.32. The summed E-state index contributed by atoms with van der Waals surface area (Å²) < 4.78 is 56.0. The molecule has 0 aliphatic heterocycles. The van der Waals surface area contributed by atoms with Crippen LogP contribution in [0.3, 0.4) is 0 Å². The molecule has 0 amide bonds. The lowest BCUT2D eigenvalue weighted by Gasteiger charge is -2.03. The number of benzene rings is 3. The van der Waals surface area contributed by atoms with Gasteiger partial charge in [-0.25, -0.2) is 22.2 Å². The van der Waals surface area contributed by atoms with Gasteiger partial charge < -0.3 is 4.42 Å². The van der Waals surface area contributed by atoms with Crippen molar-refractivity contribution in [2.75, 3.05) is 6.26 Å². The van der Waals surface area contributed by atoms with Crippen molar-refractivity contribution in [3.8, 4) is 34.0 Å². The fraction of sp³-hybridized carbons (Fsp3) is 0.0455. The molecule has 1 aromatic heterocycles. The third kappa shape index (κ3) is 3.95. The minimum absolute atomic E-state index is 0.187. The van der Waals surface area contributed by atoms with Crippen molar-refractivity contribution < 1.29 is 21.6 Å². The number of aromatic nitrogens is 1. The Morgan fingerprint density at radius 1 is 0.724 bits per heavy atom. The average molecular weight is 411 g/mol. The number of sulfone groups is 1. The molecule has 4 rings (SSSR count). The van der Waals surface area contributed by atoms with Crippen LogP contribution in [0.25, 0.3) is 34.0 Å². The second kappa shape index (κ2) is 7.25. The molecule has 0 aliphatic rings. The van der Waals surface area contributed by atoms with Crippen LogP contribution < -0.4 is 0 Å². The van der Waals surface area contributed by atoms with Gasteiger partial charge in [0.15, 0.2) is 15.6 Å². The van der Waals surface area contributed by atoms with Crippen LogP contribution >= 0.6 is 0 Å². The van der Waals surface area contributed by atoms with E-state index in [9.17, 15) is 17.2 Å². The Kier molecular flexibility index (Phi) is 4.76. The third-order valence-corrected chi connectivity index (χ3v) is 5.51. The Balaban J connectivity index is 1.86. The van der Waals surface area contributed by atoms with E-state index in [1.54, 1.807) is 36.4 Å². The molecule has 0 radical (unpaired) electrons. The van der Waals surface area contributed by atoms with E-state index in [4.69, 9.17) is 4.42 Å². The molecule has 4 aromatic rings. The van der Waals surface area contributed by atoms with Crippen LogP contribution in [0.4, 0.5) is 8.78 Å². The van der Waals surface area contributed by atoms with Gasteiger partial charge in [-0.2, -0.15) is 0 Å². The monoisotopic (exact) mass is 411 g/mol. The summed E-state index contributed by atoms with van der Waals surface area (Å²) in [6.07, 6.45) is 1.13. The molecule has 0 saturated heterocycles. The van der Waals surface area contributed by atoms with E-state index in [1.807, 2.05) is 0 Å². The van der Waals surface area contributed by atoms with Gasteiger partial charge >= 0.3 is 0 Å². The van der Waals surface area contributed by atoms with E-state index in [0.717, 1.165) is 6.26 Å². The largest absolute Gasteiger partial charge is 0.435 e. The smallest absolute Gasteiger partial charge is 0.227 e. The number of halogens is 2. The summed E-state index contributed by atoms with van der Waals surface area (Å²) in [4.78, 5) is 4.73. The van der Waals surface area contributed by atoms with Gasteiger partial charge in [-0.3, -0.25) is 0 Å². The molecule has 0 N–H and O–H groups in total. The molecule has 0 aliphatic carbocycles. The molecule has 3 aromatic carbocycles. The third-order valence-electron chi connectivity index (χ3n) is 4.38. The van der Waals surface area contributed by atoms with Crippen molar-refractivity contribution in [3.63, 3.8) is 0 Å². The van der Waals surface area contributed by atoms with Gasteiger partial charge in [-0.15, -0.1) is 0 Å². The molecule has 1 heterocycles. The number of nitrogens with zero attached hydrogens (tertiary/aromatic N) is 1. The van der Waals surface area contributed by atoms with Crippen molar-refractivity contribution in [1.82, 2.24) is 4.98 Å². The Morgan fingerprint density at radius 2 is 1.21 bits per heavy atom. The molecule has 7 heteroatoms. The van der Waals surface area contributed by atoms with Gasteiger partial charge in [0.25, 0.3) is 0 Å². The molecule has 0 saturated carbocycles. The summed E-state index contributed by atoms with van der Waals surface area (Å²) >= 11 is 0. The van der Waals surface area contributed by atoms with Crippen molar-refractivity contribution in [2.45, 2.75) is 4.90 Å². The topological polar surface area (TPSA) is 60.2 Å². The van der Waals surface area contributed by atoms with Crippen LogP contribution in [0.15, 0.2) is 82.1 Å². The fourth-order valence-electron chi connectivity index (χ4n) is 2.89. The van der Waals surface area contributed by atoms with E-state index < -0.39 is 9.84 Å². The molecule has 0 fully saturated rings. The van der Waals surface area contributed by atoms with Crippen molar-refractivity contribution in [2.24, 2.45) is 0 Å². The van der Waals surface area contributed by atoms with Gasteiger partial charge in [0.05, 0.1) is 4.90 Å². The minimum Gasteiger partial charge on any atom is -0.435 e. The van der Waals surface area contributed by atoms with Gasteiger partial charge in [0.2, 0.25) is 5.89 Å². The van der Waals surface area contributed by atoms with Crippen molar-refractivity contribution in [3.05, 3.63) is 84.4 Å². The predicted octanol–water partition coefficient (Wildman–Crippen LogP) is 5.36. The highest BCUT2D eigenvalue weighted by molar-refractivity contribution is 7.90. The Bertz CT molecular complexity index is 1260. The fourth-order valence-corrected chi connectivity index (χ4v) is 3.52. The molecular weight excluding hydrogens is 396 g/mol. The maximum Gasteiger partial charge on any atom is 0.227 e. The van der Waals surface area contributed by atoms with E-state index in [0.29, 0.717) is 28.1 Å². The molecule has 0 atom stereocenters. The lowest BCUT2D eigenvalue weighted by molar-refractivity contribution is 0.587. The lowest BCUT2D eigenvalue weighted by atomic mass is 10.1. The Morgan fingerprint density at radius 3 is 1.72 bits per heavy atom. The number of hydrogen-bond acceptors (Lipinski definition) is 4. The van der Waals surface area contributed by atoms with Crippen LogP contribution in [0.2, 0.25) is 0 Å². The molecular formula is C22H15F2NO3S. The van der Waals surface area contributed by atoms with Crippen LogP contribution in [0.1, 0.15) is 0 Å². The maximum absolute atomic E-state index is 13.4. The van der Waals surface area contributed by atoms with Crippen molar-refractivity contribution in [1.29, 1.82) is 0 Å². The zero-order chi connectivity index (χ0) is 20.6. The second-order valence-corrected chi connectivity index (χ2v) is 8.52. The molecule has 4 nitrogen and oxygen atoms in total. The first-order valence-corrected chi connectivity index (χ1v) is 10.5. The van der Waals surface area contributed by atoms with E-state index in [1.165, 1.54) is 36.4 Å². The molecule has 0 bridgehead atoms. The number of rotatable bonds is 4. The second-order valence-electron chi connectivity index (χ2n) is 6.51. The highest BCUT2D eigenvalue weighted by Gasteiger charge is 2.19. The summed E-state index contributed by atoms with van der Waals surface area (Å²) in [5.74, 6) is -0.0929. The maximum atomic E-state index is 13.4. The normalized spacial score (nSPS) is 11.6. The van der Waals surface area contributed by atoms with Crippen LogP contribution in [-0.2, 0) is 9.84 Å². The predicted molar refractivity (Wildman–Crippen MR) is 106 cm³/mol. The highest BCUT2D eigenvalue weighted by atomic mass is 32.2. The summed E-state index contributed by atoms with van der Waals surface area (Å²) in [6.45, 7) is 0. The standard InChI is InChI=1S/C22H15F2NO3S/c1-29(26,27)19-12-6-14(7-13-19)20-21(15-2-8-17(23)9-3-15)28-22(25-20)16-4-10-18(24)11-5-16/h2-13H,1H3. The van der Waals surface area contributed by atoms with E-state index in [-0.39, 0.29) is 22.4 Å². The first kappa shape index (κ1) is 19.0. The average Bonchev–Trinajstić information content (AvgIpc) is 3.14. The van der Waals surface area contributed by atoms with E-state index in [2.05, 4.69) is 4.98 Å². The molecule has 29 heavy (non-hydrogen) atoms. The van der Waals surface area contributed by atoms with Gasteiger partial charge in [-0.1, -0.05) is 12.1 Å². The highest BCUT2D eigenvalue weighted by Crippen LogP contribution is 2.36. The van der Waals surface area contributed by atoms with E-state index >= 15 is 0 Å². The summed E-state index contributed by atoms with van der Waals surface area (Å²) in [5, 5.41) is 0. The Labute approximate surface area is 166 Å². The van der Waals surface area contributed by atoms with Crippen LogP contribution in [0.5, 0.6) is 0 Å². The lowest BCUT2D eigenvalue weighted by Crippen LogP contribution is -1.96. The number of hydrogen-bond donors (Lipinski definition) is 0. The quantitative estimate of drug-likeness (QED) is 0.454. The minimum atomic E-state index is -3.33. The van der Waals surface area contributed by atoms with Crippen LogP contribution in [-0.4, -0.2) is 19.7 Å². The summed E-state index contributed by atoms with van der Waals surface area (Å²) in [5.41, 5.74) is 2.29. The zero-order valence-corrected chi connectivity index (χ0v) is 16.1. The first-order valence-electron chi connectivity index (χ1n) is 8.64. The summed E-state index contributed by atoms with van der Waals surface area (Å²) in [6, 6.07) is 17.7.